The highest BCUT2D eigenvalue weighted by molar-refractivity contribution is 5.98. The predicted octanol–water partition coefficient (Wildman–Crippen LogP) is -4.26. The van der Waals surface area contributed by atoms with Crippen molar-refractivity contribution >= 4 is 65.3 Å². The topological polar surface area (TPSA) is 472 Å². The molecule has 0 fully saturated rings. The van der Waals surface area contributed by atoms with Gasteiger partial charge in [-0.1, -0.05) is 30.3 Å². The van der Waals surface area contributed by atoms with Crippen LogP contribution in [0.5, 0.6) is 0 Å². The zero-order chi connectivity index (χ0) is 51.0. The van der Waals surface area contributed by atoms with Crippen molar-refractivity contribution in [2.45, 2.75) is 107 Å². The smallest absolute Gasteiger partial charge is 0.326 e. The lowest BCUT2D eigenvalue weighted by Gasteiger charge is -2.27. The number of hydrogen-bond acceptors (Lipinski definition) is 14. The third kappa shape index (κ3) is 20.3. The lowest BCUT2D eigenvalue weighted by Crippen LogP contribution is -2.60. The van der Waals surface area contributed by atoms with Gasteiger partial charge >= 0.3 is 23.9 Å². The fourth-order valence-electron chi connectivity index (χ4n) is 6.47. The Labute approximate surface area is 392 Å². The van der Waals surface area contributed by atoms with E-state index in [1.54, 1.807) is 30.3 Å². The number of carboxylic acid groups (broad SMARTS) is 4. The Morgan fingerprint density at radius 1 is 0.551 bits per heavy atom. The average Bonchev–Trinajstić information content (AvgIpc) is 4.01. The van der Waals surface area contributed by atoms with E-state index in [1.807, 2.05) is 0 Å². The van der Waals surface area contributed by atoms with Gasteiger partial charge in [0.1, 0.15) is 36.3 Å². The number of carbonyl (C=O) groups excluding carboxylic acids is 6. The van der Waals surface area contributed by atoms with E-state index in [-0.39, 0.29) is 44.6 Å². The van der Waals surface area contributed by atoms with Crippen LogP contribution in [0.4, 0.5) is 0 Å². The van der Waals surface area contributed by atoms with Crippen molar-refractivity contribution in [2.75, 3.05) is 6.54 Å². The molecule has 0 spiro atoms. The number of aliphatic carboxylic acids is 4. The zero-order valence-electron chi connectivity index (χ0n) is 37.0. The highest BCUT2D eigenvalue weighted by Gasteiger charge is 2.35. The molecule has 7 atom stereocenters. The van der Waals surface area contributed by atoms with Crippen molar-refractivity contribution in [2.24, 2.45) is 22.2 Å². The van der Waals surface area contributed by atoms with Crippen molar-refractivity contribution in [1.82, 2.24) is 51.8 Å². The summed E-state index contributed by atoms with van der Waals surface area (Å²) in [5.41, 5.74) is 18.0. The van der Waals surface area contributed by atoms with Crippen LogP contribution in [-0.2, 0) is 67.2 Å². The van der Waals surface area contributed by atoms with E-state index in [4.69, 9.17) is 17.2 Å². The first kappa shape index (κ1) is 54.9. The van der Waals surface area contributed by atoms with Gasteiger partial charge in [0, 0.05) is 62.4 Å². The Balaban J connectivity index is 1.91. The van der Waals surface area contributed by atoms with Crippen LogP contribution < -0.4 is 49.1 Å². The highest BCUT2D eigenvalue weighted by atomic mass is 16.4. The second-order valence-corrected chi connectivity index (χ2v) is 15.5. The number of nitrogens with one attached hydrogen (secondary N) is 8. The molecule has 18 N–H and O–H groups in total. The molecule has 0 radical (unpaired) electrons. The molecule has 69 heavy (non-hydrogen) atoms. The molecule has 2 heterocycles. The number of nitrogens with zero attached hydrogens (tertiary/aromatic N) is 3. The summed E-state index contributed by atoms with van der Waals surface area (Å²) in [4.78, 5) is 147. The third-order valence-electron chi connectivity index (χ3n) is 9.99. The van der Waals surface area contributed by atoms with E-state index in [2.05, 4.69) is 56.8 Å². The molecule has 0 aliphatic rings. The summed E-state index contributed by atoms with van der Waals surface area (Å²) in [7, 11) is 0. The number of H-pyrrole nitrogens is 2. The molecule has 2 aromatic heterocycles. The van der Waals surface area contributed by atoms with Crippen LogP contribution in [0.15, 0.2) is 60.4 Å². The minimum Gasteiger partial charge on any atom is -0.481 e. The van der Waals surface area contributed by atoms with Crippen LogP contribution >= 0.6 is 0 Å². The van der Waals surface area contributed by atoms with Gasteiger partial charge < -0.3 is 79.5 Å². The van der Waals surface area contributed by atoms with Gasteiger partial charge in [0.05, 0.1) is 25.1 Å². The van der Waals surface area contributed by atoms with Crippen molar-refractivity contribution < 1.29 is 68.4 Å². The number of benzene rings is 1. The Hall–Kier alpha value is -8.43. The van der Waals surface area contributed by atoms with Crippen LogP contribution in [0.3, 0.4) is 0 Å². The third-order valence-corrected chi connectivity index (χ3v) is 9.99. The van der Waals surface area contributed by atoms with Crippen LogP contribution in [0.2, 0.25) is 0 Å². The minimum atomic E-state index is -1.83. The quantitative estimate of drug-likeness (QED) is 0.0165. The SMILES string of the molecule is NC(N)=NCCCC(NC(=O)C(CCC(=O)O)NC(=O)C(Cc1ccccc1)NC(=O)C(CCC(=O)O)NC(=O)C(CC(=O)O)NC(=O)C(N)Cc1cnc[nH]1)C(=O)NC(Cc1cnc[nH]1)C(=O)O. The number of aromatic amines is 2. The number of aromatic nitrogens is 4. The molecule has 3 aromatic rings. The molecule has 374 valence electrons. The van der Waals surface area contributed by atoms with Gasteiger partial charge in [0.2, 0.25) is 35.4 Å². The molecule has 1 aromatic carbocycles. The van der Waals surface area contributed by atoms with Crippen molar-refractivity contribution in [3.63, 3.8) is 0 Å². The molecule has 6 amide bonds. The van der Waals surface area contributed by atoms with E-state index in [0.717, 1.165) is 0 Å². The Morgan fingerprint density at radius 3 is 1.46 bits per heavy atom. The maximum Gasteiger partial charge on any atom is 0.326 e. The van der Waals surface area contributed by atoms with Crippen molar-refractivity contribution in [3.05, 3.63) is 72.3 Å². The number of hydrogen-bond donors (Lipinski definition) is 15. The Bertz CT molecular complexity index is 2260. The van der Waals surface area contributed by atoms with Gasteiger partial charge in [-0.05, 0) is 31.2 Å². The average molecular weight is 969 g/mol. The number of carbonyl (C=O) groups is 10. The fraction of sp³-hybridized carbons (Fsp3) is 0.439. The largest absolute Gasteiger partial charge is 0.481 e. The first-order chi connectivity index (χ1) is 32.7. The number of nitrogens with two attached hydrogens (primary N) is 3. The Morgan fingerprint density at radius 2 is 1.00 bits per heavy atom. The number of guanidine groups is 1. The minimum absolute atomic E-state index is 0.0257. The monoisotopic (exact) mass is 968 g/mol. The van der Waals surface area contributed by atoms with Gasteiger partial charge in [0.15, 0.2) is 5.96 Å². The van der Waals surface area contributed by atoms with Crippen LogP contribution in [0, 0.1) is 0 Å². The van der Waals surface area contributed by atoms with E-state index in [0.29, 0.717) is 17.0 Å². The number of rotatable bonds is 31. The molecular weight excluding hydrogens is 913 g/mol. The lowest BCUT2D eigenvalue weighted by atomic mass is 10.0. The molecule has 28 nitrogen and oxygen atoms in total. The number of carboxylic acids is 4. The lowest BCUT2D eigenvalue weighted by molar-refractivity contribution is -0.142. The van der Waals surface area contributed by atoms with Gasteiger partial charge in [0.25, 0.3) is 0 Å². The molecule has 0 aliphatic carbocycles. The molecule has 0 bridgehead atoms. The summed E-state index contributed by atoms with van der Waals surface area (Å²) in [6.45, 7) is -0.0257. The molecule has 0 aliphatic heterocycles. The van der Waals surface area contributed by atoms with E-state index < -0.39 is 134 Å². The molecule has 7 unspecified atom stereocenters. The summed E-state index contributed by atoms with van der Waals surface area (Å²) < 4.78 is 0. The van der Waals surface area contributed by atoms with Crippen molar-refractivity contribution in [3.8, 4) is 0 Å². The van der Waals surface area contributed by atoms with Crippen LogP contribution in [-0.4, -0.2) is 154 Å². The fourth-order valence-corrected chi connectivity index (χ4v) is 6.47. The van der Waals surface area contributed by atoms with Gasteiger partial charge in [-0.3, -0.25) is 48.1 Å². The molecular formula is C41H56N14O14. The van der Waals surface area contributed by atoms with Gasteiger partial charge in [-0.15, -0.1) is 0 Å². The summed E-state index contributed by atoms with van der Waals surface area (Å²) in [5.74, 6) is -12.6. The maximum atomic E-state index is 14.2. The second-order valence-electron chi connectivity index (χ2n) is 15.5. The highest BCUT2D eigenvalue weighted by Crippen LogP contribution is 2.10. The summed E-state index contributed by atoms with van der Waals surface area (Å²) in [6.07, 6.45) is 1.01. The standard InChI is InChI=1S/C41H56N14O14/c42-24(14-22-17-45-19-48-22)34(62)53-29(16-33(60)61)39(67)52-27(9-11-32(58)59)37(65)54-28(13-21-5-2-1-3-6-21)38(66)51-26(8-10-31(56)57)36(64)50-25(7-4-12-47-41(43)44)35(63)55-30(40(68)69)15-23-18-46-20-49-23/h1-3,5-6,17-20,24-30H,4,7-16,42H2,(H,45,48)(H,46,49)(H,50,64)(H,51,66)(H,52,67)(H,53,62)(H,54,65)(H,55,63)(H,56,57)(H,58,59)(H,60,61)(H,68,69)(H4,43,44,47). The number of aliphatic imine (C=N–C) groups is 1. The first-order valence-electron chi connectivity index (χ1n) is 21.2. The zero-order valence-corrected chi connectivity index (χ0v) is 37.0. The molecule has 28 heteroatoms. The number of amides is 6. The summed E-state index contributed by atoms with van der Waals surface area (Å²) in [6, 6.07) is -3.28. The van der Waals surface area contributed by atoms with Crippen LogP contribution in [0.25, 0.3) is 0 Å². The Kier molecular flexibility index (Phi) is 22.2. The maximum absolute atomic E-state index is 14.2. The van der Waals surface area contributed by atoms with Crippen LogP contribution in [0.1, 0.15) is 61.9 Å². The molecule has 0 saturated carbocycles. The normalized spacial score (nSPS) is 13.9. The van der Waals surface area contributed by atoms with Gasteiger partial charge in [-0.25, -0.2) is 14.8 Å². The number of imidazole rings is 2. The summed E-state index contributed by atoms with van der Waals surface area (Å²) in [5, 5.41) is 52.5. The van der Waals surface area contributed by atoms with Gasteiger partial charge in [-0.2, -0.15) is 0 Å². The van der Waals surface area contributed by atoms with Crippen molar-refractivity contribution in [1.29, 1.82) is 0 Å². The molecule has 3 rings (SSSR count). The summed E-state index contributed by atoms with van der Waals surface area (Å²) >= 11 is 0. The first-order valence-corrected chi connectivity index (χ1v) is 21.2. The van der Waals surface area contributed by atoms with E-state index in [9.17, 15) is 68.4 Å². The van der Waals surface area contributed by atoms with E-state index >= 15 is 0 Å². The predicted molar refractivity (Wildman–Crippen MR) is 238 cm³/mol. The molecule has 0 saturated heterocycles. The van der Waals surface area contributed by atoms with E-state index in [1.165, 1.54) is 25.0 Å². The second kappa shape index (κ2) is 27.9.